The number of fused-ring (bicyclic) bond motifs is 2. The first-order valence-corrected chi connectivity index (χ1v) is 15.3. The first-order valence-electron chi connectivity index (χ1n) is 11.7. The highest BCUT2D eigenvalue weighted by Crippen LogP contribution is 2.28. The molecule has 0 aliphatic heterocycles. The standard InChI is InChI=1S/C26H30N4O4S3/c1-26(2,27)25(32)28-20(12-16-14-35-21-10-6-4-8-18(16)21)24(31)29-23(30-37(3,33)34)13-17-15-36-22-11-7-5-9-19(17)22/h4-11,14-15,20,23,30H,12-13,27H2,1-3H3,(H,28,32)(H,29,31)/t20-,23-/m1/s1. The van der Waals surface area contributed by atoms with Gasteiger partial charge in [-0.05, 0) is 58.6 Å². The van der Waals surface area contributed by atoms with Crippen LogP contribution in [-0.2, 0) is 32.5 Å². The lowest BCUT2D eigenvalue weighted by Gasteiger charge is -2.26. The molecule has 2 heterocycles. The molecule has 0 aliphatic carbocycles. The maximum absolute atomic E-state index is 13.6. The van der Waals surface area contributed by atoms with Crippen LogP contribution in [0.15, 0.2) is 59.3 Å². The normalized spacial score (nSPS) is 13.9. The van der Waals surface area contributed by atoms with Crippen molar-refractivity contribution in [3.8, 4) is 0 Å². The summed E-state index contributed by atoms with van der Waals surface area (Å²) in [7, 11) is -3.64. The lowest BCUT2D eigenvalue weighted by molar-refractivity contribution is -0.131. The number of benzene rings is 2. The number of nitrogens with two attached hydrogens (primary N) is 1. The van der Waals surface area contributed by atoms with Gasteiger partial charge < -0.3 is 16.4 Å². The highest BCUT2D eigenvalue weighted by Gasteiger charge is 2.30. The quantitative estimate of drug-likeness (QED) is 0.222. The molecule has 37 heavy (non-hydrogen) atoms. The molecule has 0 unspecified atom stereocenters. The van der Waals surface area contributed by atoms with Crippen molar-refractivity contribution in [3.63, 3.8) is 0 Å². The average Bonchev–Trinajstić information content (AvgIpc) is 3.41. The van der Waals surface area contributed by atoms with Gasteiger partial charge in [0, 0.05) is 22.2 Å². The average molecular weight is 559 g/mol. The molecule has 196 valence electrons. The summed E-state index contributed by atoms with van der Waals surface area (Å²) >= 11 is 3.11. The second kappa shape index (κ2) is 10.9. The minimum absolute atomic E-state index is 0.227. The fourth-order valence-electron chi connectivity index (χ4n) is 4.03. The van der Waals surface area contributed by atoms with Crippen molar-refractivity contribution in [1.29, 1.82) is 0 Å². The number of hydrogen-bond acceptors (Lipinski definition) is 7. The SMILES string of the molecule is CC(C)(N)C(=O)N[C@H](Cc1csc2ccccc12)C(=O)N[C@@H](Cc1csc2ccccc12)NS(C)(=O)=O. The molecule has 0 aliphatic rings. The molecule has 0 saturated heterocycles. The van der Waals surface area contributed by atoms with Crippen molar-refractivity contribution in [1.82, 2.24) is 15.4 Å². The van der Waals surface area contributed by atoms with Gasteiger partial charge in [-0.1, -0.05) is 36.4 Å². The summed E-state index contributed by atoms with van der Waals surface area (Å²) in [4.78, 5) is 26.3. The van der Waals surface area contributed by atoms with Crippen LogP contribution < -0.4 is 21.1 Å². The molecule has 8 nitrogen and oxygen atoms in total. The summed E-state index contributed by atoms with van der Waals surface area (Å²) in [5.74, 6) is -0.989. The largest absolute Gasteiger partial charge is 0.342 e. The van der Waals surface area contributed by atoms with Crippen LogP contribution in [0, 0.1) is 0 Å². The first kappa shape index (κ1) is 27.2. The van der Waals surface area contributed by atoms with Crippen LogP contribution in [0.2, 0.25) is 0 Å². The number of nitrogens with one attached hydrogen (secondary N) is 3. The summed E-state index contributed by atoms with van der Waals surface area (Å²) in [6.07, 6.45) is 0.605. The number of thiophene rings is 2. The Kier molecular flexibility index (Phi) is 8.00. The number of rotatable bonds is 10. The van der Waals surface area contributed by atoms with E-state index in [1.165, 1.54) is 0 Å². The van der Waals surface area contributed by atoms with Crippen LogP contribution in [0.1, 0.15) is 25.0 Å². The van der Waals surface area contributed by atoms with Crippen molar-refractivity contribution >= 4 is 64.7 Å². The number of carbonyl (C=O) groups is 2. The van der Waals surface area contributed by atoms with Crippen molar-refractivity contribution in [2.24, 2.45) is 5.73 Å². The summed E-state index contributed by atoms with van der Waals surface area (Å²) in [6.45, 7) is 3.12. The Balaban J connectivity index is 1.61. The van der Waals surface area contributed by atoms with Crippen LogP contribution in [0.4, 0.5) is 0 Å². The second-order valence-corrected chi connectivity index (χ2v) is 13.2. The number of sulfonamides is 1. The Bertz CT molecular complexity index is 1540. The van der Waals surface area contributed by atoms with Crippen LogP contribution in [0.5, 0.6) is 0 Å². The fraction of sp³-hybridized carbons (Fsp3) is 0.308. The molecule has 0 radical (unpaired) electrons. The second-order valence-electron chi connectivity index (χ2n) is 9.62. The molecule has 0 bridgehead atoms. The Hall–Kier alpha value is -2.83. The monoisotopic (exact) mass is 558 g/mol. The molecule has 2 amide bonds. The maximum Gasteiger partial charge on any atom is 0.244 e. The molecule has 0 saturated carbocycles. The highest BCUT2D eigenvalue weighted by atomic mass is 32.2. The van der Waals surface area contributed by atoms with Gasteiger partial charge in [-0.15, -0.1) is 22.7 Å². The van der Waals surface area contributed by atoms with Crippen LogP contribution in [0.25, 0.3) is 20.2 Å². The van der Waals surface area contributed by atoms with Crippen LogP contribution in [0.3, 0.4) is 0 Å². The number of hydrogen-bond donors (Lipinski definition) is 4. The van der Waals surface area contributed by atoms with Crippen molar-refractivity contribution in [2.45, 2.75) is 44.4 Å². The molecule has 0 fully saturated rings. The third kappa shape index (κ3) is 6.93. The van der Waals surface area contributed by atoms with E-state index in [-0.39, 0.29) is 12.8 Å². The molecular weight excluding hydrogens is 529 g/mol. The Morgan fingerprint density at radius 3 is 1.92 bits per heavy atom. The zero-order valence-corrected chi connectivity index (χ0v) is 23.2. The topological polar surface area (TPSA) is 130 Å². The van der Waals surface area contributed by atoms with E-state index in [0.717, 1.165) is 37.6 Å². The van der Waals surface area contributed by atoms with Gasteiger partial charge in [-0.2, -0.15) is 4.72 Å². The molecular formula is C26H30N4O4S3. The van der Waals surface area contributed by atoms with Gasteiger partial charge >= 0.3 is 0 Å². The zero-order valence-electron chi connectivity index (χ0n) is 20.8. The van der Waals surface area contributed by atoms with Crippen molar-refractivity contribution < 1.29 is 18.0 Å². The van der Waals surface area contributed by atoms with Gasteiger partial charge in [0.25, 0.3) is 0 Å². The van der Waals surface area contributed by atoms with E-state index in [1.807, 2.05) is 59.3 Å². The fourth-order valence-corrected chi connectivity index (χ4v) is 6.64. The Labute approximate surface area is 224 Å². The summed E-state index contributed by atoms with van der Waals surface area (Å²) < 4.78 is 29.0. The van der Waals surface area contributed by atoms with E-state index < -0.39 is 39.6 Å². The van der Waals surface area contributed by atoms with Gasteiger partial charge in [-0.25, -0.2) is 8.42 Å². The minimum atomic E-state index is -3.64. The molecule has 2 aromatic carbocycles. The van der Waals surface area contributed by atoms with Gasteiger partial charge in [0.15, 0.2) is 0 Å². The zero-order chi connectivity index (χ0) is 26.8. The molecule has 4 aromatic rings. The first-order chi connectivity index (χ1) is 17.4. The van der Waals surface area contributed by atoms with E-state index >= 15 is 0 Å². The lowest BCUT2D eigenvalue weighted by Crippen LogP contribution is -2.59. The third-order valence-corrected chi connectivity index (χ3v) is 8.59. The van der Waals surface area contributed by atoms with Gasteiger partial charge in [0.1, 0.15) is 6.04 Å². The molecule has 2 atom stereocenters. The Morgan fingerprint density at radius 2 is 1.41 bits per heavy atom. The van der Waals surface area contributed by atoms with E-state index in [4.69, 9.17) is 5.73 Å². The minimum Gasteiger partial charge on any atom is -0.342 e. The van der Waals surface area contributed by atoms with Crippen molar-refractivity contribution in [3.05, 3.63) is 70.4 Å². The van der Waals surface area contributed by atoms with Crippen LogP contribution in [-0.4, -0.2) is 44.2 Å². The summed E-state index contributed by atoms with van der Waals surface area (Å²) in [6, 6.07) is 14.7. The molecule has 2 aromatic heterocycles. The van der Waals surface area contributed by atoms with Crippen LogP contribution >= 0.6 is 22.7 Å². The van der Waals surface area contributed by atoms with E-state index in [0.29, 0.717) is 0 Å². The maximum atomic E-state index is 13.6. The van der Waals surface area contributed by atoms with Gasteiger partial charge in [-0.3, -0.25) is 9.59 Å². The smallest absolute Gasteiger partial charge is 0.244 e. The summed E-state index contributed by atoms with van der Waals surface area (Å²) in [5.41, 5.74) is 6.61. The van der Waals surface area contributed by atoms with Gasteiger partial charge in [0.05, 0.1) is 18.0 Å². The van der Waals surface area contributed by atoms with Gasteiger partial charge in [0.2, 0.25) is 21.8 Å². The molecule has 0 spiro atoms. The third-order valence-electron chi connectivity index (χ3n) is 5.85. The number of amides is 2. The van der Waals surface area contributed by atoms with E-state index in [9.17, 15) is 18.0 Å². The molecule has 5 N–H and O–H groups in total. The lowest BCUT2D eigenvalue weighted by atomic mass is 10.0. The molecule has 11 heteroatoms. The number of carbonyl (C=O) groups excluding carboxylic acids is 2. The molecule has 4 rings (SSSR count). The van der Waals surface area contributed by atoms with Crippen molar-refractivity contribution in [2.75, 3.05) is 6.26 Å². The summed E-state index contributed by atoms with van der Waals surface area (Å²) in [5, 5.41) is 11.5. The Morgan fingerprint density at radius 1 is 0.892 bits per heavy atom. The van der Waals surface area contributed by atoms with E-state index in [1.54, 1.807) is 36.5 Å². The highest BCUT2D eigenvalue weighted by molar-refractivity contribution is 7.88. The predicted molar refractivity (Wildman–Crippen MR) is 151 cm³/mol. The predicted octanol–water partition coefficient (Wildman–Crippen LogP) is 3.11. The van der Waals surface area contributed by atoms with E-state index in [2.05, 4.69) is 15.4 Å².